The molecule has 5 rings (SSSR count). The Hall–Kier alpha value is -2.23. The molecular formula is C23H29Cl2N3O5. The van der Waals surface area contributed by atoms with Crippen LogP contribution in [0, 0.1) is 0 Å². The standard InChI is InChI=1S/C23H26ClN3O4.ClH.H2O/c1-23(14-30-19-4-2-3-5-20(19)31-23)21(28)13-26-10-8-16(9-11-26)27-18-7-6-15(24)12-17(18)25-22(27)29;;/h2-7,12,16,21,28H,8-11,13-14H2,1H3,(H,25,29);1H;1H2. The second-order valence-electron chi connectivity index (χ2n) is 8.66. The van der Waals surface area contributed by atoms with Gasteiger partial charge in [-0.15, -0.1) is 12.4 Å². The molecule has 4 N–H and O–H groups in total. The second kappa shape index (κ2) is 9.95. The van der Waals surface area contributed by atoms with E-state index in [1.54, 1.807) is 6.07 Å². The fourth-order valence-corrected chi connectivity index (χ4v) is 4.76. The lowest BCUT2D eigenvalue weighted by Gasteiger charge is -2.41. The summed E-state index contributed by atoms with van der Waals surface area (Å²) in [7, 11) is 0. The van der Waals surface area contributed by atoms with E-state index in [0.717, 1.165) is 37.0 Å². The zero-order chi connectivity index (χ0) is 21.6. The van der Waals surface area contributed by atoms with Crippen LogP contribution in [0.4, 0.5) is 0 Å². The molecule has 33 heavy (non-hydrogen) atoms. The molecule has 1 aromatic heterocycles. The number of aromatic amines is 1. The Morgan fingerprint density at radius 3 is 2.64 bits per heavy atom. The van der Waals surface area contributed by atoms with Crippen molar-refractivity contribution in [1.29, 1.82) is 0 Å². The lowest BCUT2D eigenvalue weighted by atomic mass is 9.96. The van der Waals surface area contributed by atoms with Crippen LogP contribution in [0.5, 0.6) is 11.5 Å². The number of nitrogens with zero attached hydrogens (tertiary/aromatic N) is 2. The van der Waals surface area contributed by atoms with E-state index in [-0.39, 0.29) is 29.6 Å². The molecule has 10 heteroatoms. The second-order valence-corrected chi connectivity index (χ2v) is 9.10. The van der Waals surface area contributed by atoms with Gasteiger partial charge in [0.2, 0.25) is 0 Å². The number of likely N-dealkylation sites (tertiary alicyclic amines) is 1. The number of hydrogen-bond acceptors (Lipinski definition) is 5. The Labute approximate surface area is 202 Å². The molecule has 1 fully saturated rings. The molecule has 8 nitrogen and oxygen atoms in total. The first kappa shape index (κ1) is 25.4. The molecule has 0 bridgehead atoms. The third-order valence-corrected chi connectivity index (χ3v) is 6.68. The smallest absolute Gasteiger partial charge is 0.326 e. The number of nitrogens with one attached hydrogen (secondary N) is 1. The number of β-amino-alcohol motifs (C(OH)–C–C–N with tert-alkyl or cyclic N) is 1. The fourth-order valence-electron chi connectivity index (χ4n) is 4.58. The topological polar surface area (TPSA) is 111 Å². The van der Waals surface area contributed by atoms with Crippen LogP contribution in [0.25, 0.3) is 11.0 Å². The van der Waals surface area contributed by atoms with E-state index in [4.69, 9.17) is 21.1 Å². The van der Waals surface area contributed by atoms with Crippen molar-refractivity contribution in [2.24, 2.45) is 0 Å². The molecule has 2 aliphatic heterocycles. The van der Waals surface area contributed by atoms with Crippen LogP contribution in [0.3, 0.4) is 0 Å². The van der Waals surface area contributed by atoms with Crippen molar-refractivity contribution < 1.29 is 20.1 Å². The lowest BCUT2D eigenvalue weighted by Crippen LogP contribution is -2.56. The van der Waals surface area contributed by atoms with E-state index >= 15 is 0 Å². The molecular weight excluding hydrogens is 469 g/mol. The van der Waals surface area contributed by atoms with Crippen molar-refractivity contribution in [2.45, 2.75) is 37.5 Å². The summed E-state index contributed by atoms with van der Waals surface area (Å²) in [5.41, 5.74) is 0.734. The zero-order valence-electron chi connectivity index (χ0n) is 18.3. The van der Waals surface area contributed by atoms with Gasteiger partial charge in [0.1, 0.15) is 12.7 Å². The van der Waals surface area contributed by atoms with Crippen LogP contribution in [-0.4, -0.2) is 63.0 Å². The number of hydrogen-bond donors (Lipinski definition) is 2. The number of halogens is 2. The summed E-state index contributed by atoms with van der Waals surface area (Å²) in [6, 6.07) is 13.1. The number of ether oxygens (including phenoxy) is 2. The van der Waals surface area contributed by atoms with Gasteiger partial charge in [0.15, 0.2) is 17.1 Å². The highest BCUT2D eigenvalue weighted by molar-refractivity contribution is 6.31. The summed E-state index contributed by atoms with van der Waals surface area (Å²) in [6.45, 7) is 4.27. The summed E-state index contributed by atoms with van der Waals surface area (Å²) < 4.78 is 13.8. The Kier molecular flexibility index (Phi) is 7.65. The molecule has 2 aromatic carbocycles. The third kappa shape index (κ3) is 4.85. The van der Waals surface area contributed by atoms with Gasteiger partial charge in [0, 0.05) is 30.7 Å². The quantitative estimate of drug-likeness (QED) is 0.575. The number of aromatic nitrogens is 2. The van der Waals surface area contributed by atoms with Gasteiger partial charge in [-0.05, 0) is 50.1 Å². The van der Waals surface area contributed by atoms with Crippen LogP contribution in [0.1, 0.15) is 25.8 Å². The van der Waals surface area contributed by atoms with Crippen molar-refractivity contribution in [1.82, 2.24) is 14.5 Å². The maximum Gasteiger partial charge on any atom is 0.326 e. The molecule has 3 aromatic rings. The van der Waals surface area contributed by atoms with Crippen molar-refractivity contribution in [2.75, 3.05) is 26.2 Å². The van der Waals surface area contributed by atoms with Gasteiger partial charge >= 0.3 is 5.69 Å². The van der Waals surface area contributed by atoms with Gasteiger partial charge in [-0.25, -0.2) is 4.79 Å². The highest BCUT2D eigenvalue weighted by Gasteiger charge is 2.41. The van der Waals surface area contributed by atoms with Crippen molar-refractivity contribution in [3.8, 4) is 11.5 Å². The van der Waals surface area contributed by atoms with Gasteiger partial charge in [-0.1, -0.05) is 23.7 Å². The van der Waals surface area contributed by atoms with E-state index in [1.807, 2.05) is 47.9 Å². The van der Waals surface area contributed by atoms with Crippen LogP contribution < -0.4 is 15.2 Å². The Bertz CT molecular complexity index is 1160. The first-order valence-corrected chi connectivity index (χ1v) is 11.0. The monoisotopic (exact) mass is 497 g/mol. The van der Waals surface area contributed by atoms with Crippen molar-refractivity contribution in [3.63, 3.8) is 0 Å². The fraction of sp³-hybridized carbons (Fsp3) is 0.435. The number of imidazole rings is 1. The summed E-state index contributed by atoms with van der Waals surface area (Å²) in [5, 5.41) is 11.6. The maximum absolute atomic E-state index is 12.5. The molecule has 180 valence electrons. The van der Waals surface area contributed by atoms with Gasteiger partial charge in [0.05, 0.1) is 11.0 Å². The highest BCUT2D eigenvalue weighted by Crippen LogP contribution is 2.36. The van der Waals surface area contributed by atoms with E-state index < -0.39 is 11.7 Å². The molecule has 3 heterocycles. The number of fused-ring (bicyclic) bond motifs is 2. The SMILES string of the molecule is CC1(C(O)CN2CCC(n3c(=O)[nH]c4cc(Cl)ccc43)CC2)COc2ccccc2O1.Cl.O. The predicted molar refractivity (Wildman–Crippen MR) is 130 cm³/mol. The average Bonchev–Trinajstić information content (AvgIpc) is 3.09. The van der Waals surface area contributed by atoms with Crippen LogP contribution in [0.15, 0.2) is 47.3 Å². The molecule has 2 atom stereocenters. The number of benzene rings is 2. The summed E-state index contributed by atoms with van der Waals surface area (Å²) in [5.74, 6) is 1.37. The van der Waals surface area contributed by atoms with E-state index in [9.17, 15) is 9.90 Å². The molecule has 1 saturated heterocycles. The van der Waals surface area contributed by atoms with Crippen LogP contribution in [-0.2, 0) is 0 Å². The first-order chi connectivity index (χ1) is 14.9. The number of H-pyrrole nitrogens is 1. The maximum atomic E-state index is 12.5. The van der Waals surface area contributed by atoms with Gasteiger partial charge < -0.3 is 29.9 Å². The van der Waals surface area contributed by atoms with Crippen molar-refractivity contribution in [3.05, 3.63) is 58.0 Å². The Balaban J connectivity index is 0.00000153. The number of para-hydroxylation sites is 2. The number of piperidine rings is 1. The summed E-state index contributed by atoms with van der Waals surface area (Å²) in [4.78, 5) is 17.7. The molecule has 0 amide bonds. The van der Waals surface area contributed by atoms with Gasteiger partial charge in [0.25, 0.3) is 0 Å². The molecule has 0 saturated carbocycles. The first-order valence-electron chi connectivity index (χ1n) is 10.6. The van der Waals surface area contributed by atoms with E-state index in [1.165, 1.54) is 0 Å². The summed E-state index contributed by atoms with van der Waals surface area (Å²) >= 11 is 6.06. The van der Waals surface area contributed by atoms with Gasteiger partial charge in [-0.3, -0.25) is 4.57 Å². The third-order valence-electron chi connectivity index (χ3n) is 6.44. The molecule has 2 unspecified atom stereocenters. The van der Waals surface area contributed by atoms with E-state index in [0.29, 0.717) is 29.7 Å². The minimum absolute atomic E-state index is 0. The lowest BCUT2D eigenvalue weighted by molar-refractivity contribution is -0.0952. The van der Waals surface area contributed by atoms with Crippen LogP contribution >= 0.6 is 24.0 Å². The Morgan fingerprint density at radius 1 is 1.21 bits per heavy atom. The summed E-state index contributed by atoms with van der Waals surface area (Å²) in [6.07, 6.45) is 0.966. The molecule has 2 aliphatic rings. The number of aliphatic hydroxyl groups is 1. The molecule has 0 aliphatic carbocycles. The van der Waals surface area contributed by atoms with Crippen molar-refractivity contribution >= 4 is 35.0 Å². The minimum Gasteiger partial charge on any atom is -0.485 e. The average molecular weight is 498 g/mol. The normalized spacial score (nSPS) is 21.8. The zero-order valence-corrected chi connectivity index (χ0v) is 19.9. The molecule has 0 spiro atoms. The minimum atomic E-state index is -0.807. The van der Waals surface area contributed by atoms with Crippen LogP contribution in [0.2, 0.25) is 5.02 Å². The van der Waals surface area contributed by atoms with E-state index in [2.05, 4.69) is 9.88 Å². The number of aliphatic hydroxyl groups excluding tert-OH is 1. The predicted octanol–water partition coefficient (Wildman–Crippen LogP) is 2.81. The van der Waals surface area contributed by atoms with Gasteiger partial charge in [-0.2, -0.15) is 0 Å². The molecule has 0 radical (unpaired) electrons. The highest BCUT2D eigenvalue weighted by atomic mass is 35.5. The number of rotatable bonds is 4. The Morgan fingerprint density at radius 2 is 1.91 bits per heavy atom. The largest absolute Gasteiger partial charge is 0.485 e.